The molecule has 0 bridgehead atoms. The molecule has 1 unspecified atom stereocenters. The van der Waals surface area contributed by atoms with Gasteiger partial charge in [-0.15, -0.1) is 0 Å². The van der Waals surface area contributed by atoms with Crippen molar-refractivity contribution in [2.75, 3.05) is 5.75 Å². The normalized spacial score (nSPS) is 14.7. The van der Waals surface area contributed by atoms with E-state index < -0.39 is 9.52 Å². The van der Waals surface area contributed by atoms with Gasteiger partial charge in [-0.25, -0.2) is 0 Å². The van der Waals surface area contributed by atoms with Gasteiger partial charge in [-0.05, 0) is 27.5 Å². The minimum atomic E-state index is -2.21. The van der Waals surface area contributed by atoms with E-state index in [1.54, 1.807) is 12.1 Å². The van der Waals surface area contributed by atoms with Crippen molar-refractivity contribution >= 4 is 21.2 Å². The molecular formula is C10H13NO2S. The molecule has 0 N–H and O–H groups in total. The van der Waals surface area contributed by atoms with Crippen LogP contribution in [0, 0.1) is 0 Å². The summed E-state index contributed by atoms with van der Waals surface area (Å²) in [5.41, 5.74) is 0.389. The Kier molecular flexibility index (Phi) is 3.06. The van der Waals surface area contributed by atoms with Crippen molar-refractivity contribution in [2.24, 2.45) is 0 Å². The van der Waals surface area contributed by atoms with Crippen LogP contribution in [0.2, 0.25) is 0 Å². The molecule has 1 atom stereocenters. The molecule has 1 heterocycles. The molecule has 0 fully saturated rings. The summed E-state index contributed by atoms with van der Waals surface area (Å²) >= 11 is 0. The van der Waals surface area contributed by atoms with Crippen LogP contribution in [0.3, 0.4) is 0 Å². The van der Waals surface area contributed by atoms with Crippen molar-refractivity contribution < 1.29 is 9.00 Å². The standard InChI is InChI=1S/C10H13NO2S/c1-4-14(3,13)9-5-6-10(8(2)12)11-7-9/h5-7H,3-4H2,1-2H3. The van der Waals surface area contributed by atoms with Gasteiger partial charge in [0.25, 0.3) is 0 Å². The highest BCUT2D eigenvalue weighted by atomic mass is 32.2. The van der Waals surface area contributed by atoms with Crippen LogP contribution in [0.15, 0.2) is 23.2 Å². The van der Waals surface area contributed by atoms with E-state index in [1.165, 1.54) is 13.1 Å². The minimum Gasteiger partial charge on any atom is -0.293 e. The van der Waals surface area contributed by atoms with Crippen molar-refractivity contribution in [2.45, 2.75) is 18.7 Å². The molecule has 0 aliphatic carbocycles. The predicted octanol–water partition coefficient (Wildman–Crippen LogP) is 1.38. The van der Waals surface area contributed by atoms with Crippen LogP contribution >= 0.6 is 0 Å². The van der Waals surface area contributed by atoms with Gasteiger partial charge in [0.05, 0.1) is 0 Å². The summed E-state index contributed by atoms with van der Waals surface area (Å²) in [6, 6.07) is 3.24. The molecule has 3 nitrogen and oxygen atoms in total. The number of pyridine rings is 1. The first-order valence-corrected chi connectivity index (χ1v) is 6.19. The molecule has 0 aliphatic heterocycles. The van der Waals surface area contributed by atoms with Gasteiger partial charge in [0, 0.05) is 23.8 Å². The molecule has 1 rings (SSSR count). The summed E-state index contributed by atoms with van der Waals surface area (Å²) in [5.74, 6) is 4.02. The summed E-state index contributed by atoms with van der Waals surface area (Å²) in [4.78, 5) is 15.5. The van der Waals surface area contributed by atoms with Gasteiger partial charge in [-0.1, -0.05) is 6.92 Å². The van der Waals surface area contributed by atoms with Crippen molar-refractivity contribution in [3.63, 3.8) is 0 Å². The number of carbonyl (C=O) groups is 1. The number of carbonyl (C=O) groups excluding carboxylic acids is 1. The molecule has 1 aromatic rings. The fourth-order valence-corrected chi connectivity index (χ4v) is 1.87. The Labute approximate surface area is 84.2 Å². The second kappa shape index (κ2) is 3.92. The molecule has 0 aromatic carbocycles. The van der Waals surface area contributed by atoms with Crippen LogP contribution in [-0.2, 0) is 9.52 Å². The number of Topliss-reactive ketones (excluding diaryl/α,β-unsaturated/α-hetero) is 1. The second-order valence-corrected chi connectivity index (χ2v) is 5.71. The van der Waals surface area contributed by atoms with Gasteiger partial charge < -0.3 is 0 Å². The number of rotatable bonds is 3. The first-order chi connectivity index (χ1) is 6.47. The lowest BCUT2D eigenvalue weighted by Crippen LogP contribution is -2.05. The van der Waals surface area contributed by atoms with Crippen LogP contribution in [0.4, 0.5) is 0 Å². The Balaban J connectivity index is 3.12. The smallest absolute Gasteiger partial charge is 0.178 e. The average molecular weight is 211 g/mol. The summed E-state index contributed by atoms with van der Waals surface area (Å²) in [6.07, 6.45) is 1.47. The third kappa shape index (κ3) is 2.20. The Hall–Kier alpha value is -1.16. The zero-order chi connectivity index (χ0) is 10.8. The molecule has 0 amide bonds. The predicted molar refractivity (Wildman–Crippen MR) is 58.3 cm³/mol. The molecule has 0 aliphatic rings. The van der Waals surface area contributed by atoms with Crippen molar-refractivity contribution in [1.82, 2.24) is 4.98 Å². The van der Waals surface area contributed by atoms with Gasteiger partial charge in [-0.2, -0.15) is 0 Å². The first-order valence-electron chi connectivity index (χ1n) is 4.29. The summed E-state index contributed by atoms with van der Waals surface area (Å²) < 4.78 is 11.8. The lowest BCUT2D eigenvalue weighted by molar-refractivity contribution is 0.101. The third-order valence-electron chi connectivity index (χ3n) is 1.99. The Morgan fingerprint density at radius 1 is 1.57 bits per heavy atom. The van der Waals surface area contributed by atoms with E-state index in [2.05, 4.69) is 10.9 Å². The van der Waals surface area contributed by atoms with E-state index in [1.807, 2.05) is 6.92 Å². The highest BCUT2D eigenvalue weighted by Crippen LogP contribution is 2.09. The monoisotopic (exact) mass is 211 g/mol. The van der Waals surface area contributed by atoms with Crippen LogP contribution in [0.25, 0.3) is 0 Å². The minimum absolute atomic E-state index is 0.0939. The summed E-state index contributed by atoms with van der Waals surface area (Å²) in [7, 11) is -2.21. The molecule has 0 saturated heterocycles. The lowest BCUT2D eigenvalue weighted by atomic mass is 10.3. The number of hydrogen-bond donors (Lipinski definition) is 0. The summed E-state index contributed by atoms with van der Waals surface area (Å²) in [6.45, 7) is 3.26. The summed E-state index contributed by atoms with van der Waals surface area (Å²) in [5, 5.41) is 0. The maximum Gasteiger partial charge on any atom is 0.178 e. The van der Waals surface area contributed by atoms with Crippen LogP contribution in [0.5, 0.6) is 0 Å². The van der Waals surface area contributed by atoms with Gasteiger partial charge in [0.1, 0.15) is 5.69 Å². The Morgan fingerprint density at radius 2 is 2.21 bits per heavy atom. The number of hydrogen-bond acceptors (Lipinski definition) is 3. The molecule has 1 aromatic heterocycles. The fraction of sp³-hybridized carbons (Fsp3) is 0.300. The Morgan fingerprint density at radius 3 is 2.57 bits per heavy atom. The van der Waals surface area contributed by atoms with Gasteiger partial charge in [-0.3, -0.25) is 14.0 Å². The quantitative estimate of drug-likeness (QED) is 0.560. The van der Waals surface area contributed by atoms with E-state index >= 15 is 0 Å². The van der Waals surface area contributed by atoms with E-state index in [9.17, 15) is 9.00 Å². The molecule has 0 spiro atoms. The van der Waals surface area contributed by atoms with Crippen molar-refractivity contribution in [3.8, 4) is 0 Å². The first kappa shape index (κ1) is 10.9. The van der Waals surface area contributed by atoms with Gasteiger partial charge >= 0.3 is 0 Å². The number of ketones is 1. The highest BCUT2D eigenvalue weighted by molar-refractivity contribution is 8.00. The molecule has 76 valence electrons. The van der Waals surface area contributed by atoms with Crippen molar-refractivity contribution in [1.29, 1.82) is 0 Å². The maximum atomic E-state index is 11.8. The van der Waals surface area contributed by atoms with E-state index in [-0.39, 0.29) is 5.78 Å². The molecule has 14 heavy (non-hydrogen) atoms. The zero-order valence-corrected chi connectivity index (χ0v) is 9.13. The third-order valence-corrected chi connectivity index (χ3v) is 4.03. The largest absolute Gasteiger partial charge is 0.293 e. The number of nitrogens with zero attached hydrogens (tertiary/aromatic N) is 1. The van der Waals surface area contributed by atoms with E-state index in [4.69, 9.17) is 0 Å². The molecular weight excluding hydrogens is 198 g/mol. The lowest BCUT2D eigenvalue weighted by Gasteiger charge is -2.05. The van der Waals surface area contributed by atoms with Gasteiger partial charge in [0.2, 0.25) is 0 Å². The highest BCUT2D eigenvalue weighted by Gasteiger charge is 2.06. The topological polar surface area (TPSA) is 47.0 Å². The van der Waals surface area contributed by atoms with Crippen molar-refractivity contribution in [3.05, 3.63) is 24.0 Å². The SMILES string of the molecule is C=S(=O)(CC)c1ccc(C(C)=O)nc1. The molecule has 0 radical (unpaired) electrons. The van der Waals surface area contributed by atoms with Crippen LogP contribution in [-0.4, -0.2) is 26.6 Å². The van der Waals surface area contributed by atoms with E-state index in [0.29, 0.717) is 16.3 Å². The van der Waals surface area contributed by atoms with Crippen LogP contribution in [0.1, 0.15) is 24.3 Å². The van der Waals surface area contributed by atoms with Gasteiger partial charge in [0.15, 0.2) is 5.78 Å². The maximum absolute atomic E-state index is 11.8. The number of aromatic nitrogens is 1. The zero-order valence-electron chi connectivity index (χ0n) is 8.32. The Bertz CT molecular complexity index is 432. The molecule has 0 saturated carbocycles. The van der Waals surface area contributed by atoms with E-state index in [0.717, 1.165) is 0 Å². The average Bonchev–Trinajstić information content (AvgIpc) is 2.18. The van der Waals surface area contributed by atoms with Crippen LogP contribution < -0.4 is 0 Å². The molecule has 4 heteroatoms. The second-order valence-electron chi connectivity index (χ2n) is 3.04. The fourth-order valence-electron chi connectivity index (χ4n) is 0.975.